The van der Waals surface area contributed by atoms with Gasteiger partial charge in [0.2, 0.25) is 0 Å². The second-order valence-electron chi connectivity index (χ2n) is 7.10. The third-order valence-corrected chi connectivity index (χ3v) is 5.04. The molecule has 4 rings (SSSR count). The predicted octanol–water partition coefficient (Wildman–Crippen LogP) is 5.66. The number of hydrogen-bond acceptors (Lipinski definition) is 3. The first-order valence-electron chi connectivity index (χ1n) is 9.77. The maximum atomic E-state index is 13.5. The number of rotatable bonds is 7. The Kier molecular flexibility index (Phi) is 5.80. The van der Waals surface area contributed by atoms with Gasteiger partial charge in [-0.3, -0.25) is 4.79 Å². The van der Waals surface area contributed by atoms with E-state index in [9.17, 15) is 9.18 Å². The average molecular weight is 403 g/mol. The van der Waals surface area contributed by atoms with Crippen LogP contribution in [0.3, 0.4) is 0 Å². The van der Waals surface area contributed by atoms with Gasteiger partial charge in [-0.25, -0.2) is 4.39 Å². The highest BCUT2D eigenvalue weighted by Crippen LogP contribution is 2.34. The summed E-state index contributed by atoms with van der Waals surface area (Å²) in [5.41, 5.74) is 4.77. The second-order valence-corrected chi connectivity index (χ2v) is 7.10. The smallest absolute Gasteiger partial charge is 0.305 e. The number of benzene rings is 3. The van der Waals surface area contributed by atoms with Crippen molar-refractivity contribution in [2.75, 3.05) is 7.11 Å². The van der Waals surface area contributed by atoms with E-state index < -0.39 is 0 Å². The van der Waals surface area contributed by atoms with Crippen LogP contribution in [-0.4, -0.2) is 18.1 Å². The van der Waals surface area contributed by atoms with Crippen LogP contribution in [0.15, 0.2) is 72.9 Å². The van der Waals surface area contributed by atoms with Gasteiger partial charge in [0.05, 0.1) is 7.11 Å². The number of esters is 1. The Hall–Kier alpha value is -3.60. The highest BCUT2D eigenvalue weighted by Gasteiger charge is 2.11. The van der Waals surface area contributed by atoms with E-state index in [0.717, 1.165) is 33.2 Å². The molecule has 152 valence electrons. The number of nitrogens with one attached hydrogen (secondary N) is 1. The number of H-pyrrole nitrogens is 1. The van der Waals surface area contributed by atoms with Crippen LogP contribution in [0.25, 0.3) is 22.0 Å². The number of fused-ring (bicyclic) bond motifs is 1. The standard InChI is InChI=1S/C25H22FNO3/c1-29-25(28)10-6-17-5-9-24(30-16-18-3-2-4-21(26)13-18)22(14-17)19-7-8-23-20(15-19)11-12-27-23/h2-5,7-9,11-15,27H,6,10,16H2,1H3. The van der Waals surface area contributed by atoms with Crippen molar-refractivity contribution < 1.29 is 18.7 Å². The fourth-order valence-electron chi connectivity index (χ4n) is 3.44. The van der Waals surface area contributed by atoms with Crippen LogP contribution < -0.4 is 4.74 Å². The summed E-state index contributed by atoms with van der Waals surface area (Å²) in [6, 6.07) is 20.5. The van der Waals surface area contributed by atoms with E-state index in [0.29, 0.717) is 18.6 Å². The second kappa shape index (κ2) is 8.82. The maximum absolute atomic E-state index is 13.5. The van der Waals surface area contributed by atoms with E-state index in [1.165, 1.54) is 19.2 Å². The average Bonchev–Trinajstić information content (AvgIpc) is 3.24. The number of halogens is 1. The van der Waals surface area contributed by atoms with Crippen molar-refractivity contribution in [2.24, 2.45) is 0 Å². The summed E-state index contributed by atoms with van der Waals surface area (Å²) in [5, 5.41) is 1.10. The molecule has 0 fully saturated rings. The lowest BCUT2D eigenvalue weighted by Gasteiger charge is -2.14. The van der Waals surface area contributed by atoms with Gasteiger partial charge >= 0.3 is 5.97 Å². The monoisotopic (exact) mass is 403 g/mol. The Labute approximate surface area is 174 Å². The molecule has 0 amide bonds. The lowest BCUT2D eigenvalue weighted by atomic mass is 9.98. The Morgan fingerprint density at radius 3 is 2.73 bits per heavy atom. The molecule has 5 heteroatoms. The van der Waals surface area contributed by atoms with E-state index in [-0.39, 0.29) is 18.4 Å². The molecule has 1 aromatic heterocycles. The molecule has 3 aromatic carbocycles. The summed E-state index contributed by atoms with van der Waals surface area (Å²) < 4.78 is 24.3. The van der Waals surface area contributed by atoms with Gasteiger partial charge < -0.3 is 14.5 Å². The van der Waals surface area contributed by atoms with Crippen LogP contribution in [0.2, 0.25) is 0 Å². The highest BCUT2D eigenvalue weighted by atomic mass is 19.1. The molecule has 1 heterocycles. The number of hydrogen-bond donors (Lipinski definition) is 1. The molecular formula is C25H22FNO3. The molecule has 0 aliphatic carbocycles. The number of methoxy groups -OCH3 is 1. The third-order valence-electron chi connectivity index (χ3n) is 5.04. The third kappa shape index (κ3) is 4.51. The molecule has 0 spiro atoms. The minimum Gasteiger partial charge on any atom is -0.488 e. The minimum atomic E-state index is -0.285. The molecule has 1 N–H and O–H groups in total. The maximum Gasteiger partial charge on any atom is 0.305 e. The Bertz CT molecular complexity index is 1180. The van der Waals surface area contributed by atoms with Gasteiger partial charge in [0.1, 0.15) is 18.2 Å². The number of carbonyl (C=O) groups is 1. The summed E-state index contributed by atoms with van der Waals surface area (Å²) in [6.45, 7) is 0.263. The molecular weight excluding hydrogens is 381 g/mol. The zero-order chi connectivity index (χ0) is 20.9. The SMILES string of the molecule is COC(=O)CCc1ccc(OCc2cccc(F)c2)c(-c2ccc3[nH]ccc3c2)c1. The Balaban J connectivity index is 1.66. The summed E-state index contributed by atoms with van der Waals surface area (Å²) in [4.78, 5) is 14.7. The first-order chi connectivity index (χ1) is 14.6. The summed E-state index contributed by atoms with van der Waals surface area (Å²) in [6.07, 6.45) is 2.80. The zero-order valence-electron chi connectivity index (χ0n) is 16.7. The lowest BCUT2D eigenvalue weighted by molar-refractivity contribution is -0.140. The molecule has 0 aliphatic rings. The molecule has 4 nitrogen and oxygen atoms in total. The topological polar surface area (TPSA) is 51.3 Å². The van der Waals surface area contributed by atoms with Crippen LogP contribution in [0.1, 0.15) is 17.5 Å². The van der Waals surface area contributed by atoms with Crippen molar-refractivity contribution >= 4 is 16.9 Å². The summed E-state index contributed by atoms with van der Waals surface area (Å²) in [5.74, 6) is 0.181. The molecule has 30 heavy (non-hydrogen) atoms. The molecule has 0 saturated carbocycles. The molecule has 0 saturated heterocycles. The Morgan fingerprint density at radius 1 is 1.00 bits per heavy atom. The van der Waals surface area contributed by atoms with Crippen LogP contribution in [-0.2, 0) is 22.6 Å². The fourth-order valence-corrected chi connectivity index (χ4v) is 3.44. The van der Waals surface area contributed by atoms with Gasteiger partial charge in [-0.05, 0) is 71.0 Å². The van der Waals surface area contributed by atoms with Crippen molar-refractivity contribution in [3.05, 3.63) is 89.9 Å². The van der Waals surface area contributed by atoms with Gasteiger partial charge in [-0.1, -0.05) is 24.3 Å². The molecule has 0 unspecified atom stereocenters. The minimum absolute atomic E-state index is 0.239. The number of ether oxygens (including phenoxy) is 2. The number of carbonyl (C=O) groups excluding carboxylic acids is 1. The first-order valence-corrected chi connectivity index (χ1v) is 9.77. The quantitative estimate of drug-likeness (QED) is 0.405. The van der Waals surface area contributed by atoms with E-state index >= 15 is 0 Å². The normalized spacial score (nSPS) is 10.9. The van der Waals surface area contributed by atoms with Crippen LogP contribution in [0, 0.1) is 5.82 Å². The number of aromatic amines is 1. The lowest BCUT2D eigenvalue weighted by Crippen LogP contribution is -2.02. The summed E-state index contributed by atoms with van der Waals surface area (Å²) >= 11 is 0. The number of aromatic nitrogens is 1. The molecule has 0 atom stereocenters. The van der Waals surface area contributed by atoms with E-state index in [4.69, 9.17) is 9.47 Å². The highest BCUT2D eigenvalue weighted by molar-refractivity contribution is 5.86. The number of aryl methyl sites for hydroxylation is 1. The van der Waals surface area contributed by atoms with Crippen molar-refractivity contribution in [1.82, 2.24) is 4.98 Å². The zero-order valence-corrected chi connectivity index (χ0v) is 16.7. The largest absolute Gasteiger partial charge is 0.488 e. The van der Waals surface area contributed by atoms with Gasteiger partial charge in [-0.15, -0.1) is 0 Å². The predicted molar refractivity (Wildman–Crippen MR) is 115 cm³/mol. The van der Waals surface area contributed by atoms with Gasteiger partial charge in [0.25, 0.3) is 0 Å². The molecule has 0 aliphatic heterocycles. The first kappa shape index (κ1) is 19.7. The van der Waals surface area contributed by atoms with Crippen molar-refractivity contribution in [3.8, 4) is 16.9 Å². The van der Waals surface area contributed by atoms with Crippen molar-refractivity contribution in [3.63, 3.8) is 0 Å². The van der Waals surface area contributed by atoms with Gasteiger partial charge in [0.15, 0.2) is 0 Å². The van der Waals surface area contributed by atoms with Crippen LogP contribution >= 0.6 is 0 Å². The molecule has 0 radical (unpaired) electrons. The Morgan fingerprint density at radius 2 is 1.90 bits per heavy atom. The molecule has 4 aromatic rings. The van der Waals surface area contributed by atoms with Gasteiger partial charge in [0, 0.05) is 23.7 Å². The summed E-state index contributed by atoms with van der Waals surface area (Å²) in [7, 11) is 1.39. The van der Waals surface area contributed by atoms with Crippen molar-refractivity contribution in [1.29, 1.82) is 0 Å². The van der Waals surface area contributed by atoms with Crippen molar-refractivity contribution in [2.45, 2.75) is 19.4 Å². The van der Waals surface area contributed by atoms with E-state index in [2.05, 4.69) is 11.1 Å². The molecule has 0 bridgehead atoms. The van der Waals surface area contributed by atoms with Crippen LogP contribution in [0.4, 0.5) is 4.39 Å². The fraction of sp³-hybridized carbons (Fsp3) is 0.160. The van der Waals surface area contributed by atoms with Crippen LogP contribution in [0.5, 0.6) is 5.75 Å². The van der Waals surface area contributed by atoms with E-state index in [1.54, 1.807) is 6.07 Å². The van der Waals surface area contributed by atoms with Gasteiger partial charge in [-0.2, -0.15) is 0 Å². The van der Waals surface area contributed by atoms with E-state index in [1.807, 2.05) is 48.7 Å².